The molecule has 1 rings (SSSR count). The fourth-order valence-corrected chi connectivity index (χ4v) is 1.02. The van der Waals surface area contributed by atoms with Crippen molar-refractivity contribution < 1.29 is 0 Å². The van der Waals surface area contributed by atoms with Gasteiger partial charge in [0.2, 0.25) is 0 Å². The van der Waals surface area contributed by atoms with Crippen LogP contribution in [0.25, 0.3) is 0 Å². The molecule has 0 spiro atoms. The molecule has 1 heterocycles. The number of aromatic nitrogens is 1. The van der Waals surface area contributed by atoms with Gasteiger partial charge in [0.25, 0.3) is 0 Å². The van der Waals surface area contributed by atoms with Crippen LogP contribution < -0.4 is 5.73 Å². The van der Waals surface area contributed by atoms with Gasteiger partial charge in [-0.2, -0.15) is 0 Å². The van der Waals surface area contributed by atoms with Crippen LogP contribution >= 0.6 is 15.9 Å². The van der Waals surface area contributed by atoms with Gasteiger partial charge in [-0.25, -0.2) is 0 Å². The van der Waals surface area contributed by atoms with Crippen molar-refractivity contribution in [2.24, 2.45) is 5.73 Å². The number of halogens is 1. The molecule has 0 saturated carbocycles. The second-order valence-corrected chi connectivity index (χ2v) is 2.98. The summed E-state index contributed by atoms with van der Waals surface area (Å²) in [5, 5.41) is 0. The molecule has 0 amide bonds. The van der Waals surface area contributed by atoms with E-state index in [1.54, 1.807) is 0 Å². The third kappa shape index (κ3) is 1.55. The molecule has 1 aromatic heterocycles. The highest BCUT2D eigenvalue weighted by atomic mass is 79.9. The Morgan fingerprint density at radius 2 is 2.40 bits per heavy atom. The monoisotopic (exact) mass is 200 g/mol. The minimum atomic E-state index is 0.499. The summed E-state index contributed by atoms with van der Waals surface area (Å²) in [7, 11) is 0. The van der Waals surface area contributed by atoms with Crippen LogP contribution in [0.5, 0.6) is 0 Å². The summed E-state index contributed by atoms with van der Waals surface area (Å²) in [5.74, 6) is 0. The maximum Gasteiger partial charge on any atom is 0.0550 e. The Morgan fingerprint density at radius 1 is 1.70 bits per heavy atom. The van der Waals surface area contributed by atoms with Crippen LogP contribution in [0.3, 0.4) is 0 Å². The molecule has 2 nitrogen and oxygen atoms in total. The van der Waals surface area contributed by atoms with Crippen molar-refractivity contribution in [3.63, 3.8) is 0 Å². The van der Waals surface area contributed by atoms with Gasteiger partial charge in [-0.15, -0.1) is 0 Å². The minimum Gasteiger partial charge on any atom is -0.325 e. The van der Waals surface area contributed by atoms with Crippen molar-refractivity contribution in [1.29, 1.82) is 0 Å². The van der Waals surface area contributed by atoms with E-state index in [-0.39, 0.29) is 0 Å². The van der Waals surface area contributed by atoms with E-state index >= 15 is 0 Å². The van der Waals surface area contributed by atoms with E-state index in [9.17, 15) is 0 Å². The summed E-state index contributed by atoms with van der Waals surface area (Å²) in [6.45, 7) is 2.50. The van der Waals surface area contributed by atoms with Crippen LogP contribution in [0, 0.1) is 6.92 Å². The molecular weight excluding hydrogens is 192 g/mol. The first-order valence-electron chi connectivity index (χ1n) is 3.05. The van der Waals surface area contributed by atoms with Gasteiger partial charge in [-0.05, 0) is 18.6 Å². The minimum absolute atomic E-state index is 0.499. The molecule has 2 N–H and O–H groups in total. The average Bonchev–Trinajstić information content (AvgIpc) is 1.95. The third-order valence-corrected chi connectivity index (χ3v) is 2.16. The Bertz CT molecular complexity index is 235. The fourth-order valence-electron chi connectivity index (χ4n) is 0.650. The van der Waals surface area contributed by atoms with Gasteiger partial charge in [0, 0.05) is 17.2 Å². The van der Waals surface area contributed by atoms with E-state index in [0.29, 0.717) is 6.54 Å². The normalized spacial score (nSPS) is 9.90. The van der Waals surface area contributed by atoms with Crippen molar-refractivity contribution >= 4 is 15.9 Å². The molecule has 0 radical (unpaired) electrons. The van der Waals surface area contributed by atoms with Crippen molar-refractivity contribution in [1.82, 2.24) is 4.98 Å². The SMILES string of the molecule is Cc1cnc(CN)cc1Br. The lowest BCUT2D eigenvalue weighted by Gasteiger charge is -1.98. The van der Waals surface area contributed by atoms with Crippen molar-refractivity contribution in [3.8, 4) is 0 Å². The van der Waals surface area contributed by atoms with E-state index in [1.165, 1.54) is 0 Å². The smallest absolute Gasteiger partial charge is 0.0550 e. The Balaban J connectivity index is 3.04. The maximum atomic E-state index is 5.39. The first-order chi connectivity index (χ1) is 4.74. The molecule has 0 aliphatic carbocycles. The molecule has 0 fully saturated rings. The maximum absolute atomic E-state index is 5.39. The highest BCUT2D eigenvalue weighted by Gasteiger charge is 1.95. The van der Waals surface area contributed by atoms with E-state index < -0.39 is 0 Å². The zero-order valence-electron chi connectivity index (χ0n) is 5.76. The number of rotatable bonds is 1. The Labute approximate surface area is 68.6 Å². The first kappa shape index (κ1) is 7.69. The second kappa shape index (κ2) is 3.12. The second-order valence-electron chi connectivity index (χ2n) is 2.13. The van der Waals surface area contributed by atoms with Crippen LogP contribution in [0.2, 0.25) is 0 Å². The van der Waals surface area contributed by atoms with Crippen molar-refractivity contribution in [3.05, 3.63) is 28.0 Å². The molecule has 0 unspecified atom stereocenters. The summed E-state index contributed by atoms with van der Waals surface area (Å²) in [6, 6.07) is 1.94. The molecular formula is C7H9BrN2. The van der Waals surface area contributed by atoms with Crippen LogP contribution in [0.15, 0.2) is 16.7 Å². The van der Waals surface area contributed by atoms with Gasteiger partial charge in [0.05, 0.1) is 5.69 Å². The topological polar surface area (TPSA) is 38.9 Å². The summed E-state index contributed by atoms with van der Waals surface area (Å²) < 4.78 is 1.07. The van der Waals surface area contributed by atoms with Crippen LogP contribution in [0.4, 0.5) is 0 Å². The van der Waals surface area contributed by atoms with Gasteiger partial charge in [-0.3, -0.25) is 4.98 Å². The van der Waals surface area contributed by atoms with Gasteiger partial charge < -0.3 is 5.73 Å². The van der Waals surface area contributed by atoms with E-state index in [4.69, 9.17) is 5.73 Å². The molecule has 0 bridgehead atoms. The molecule has 0 saturated heterocycles. The number of hydrogen-bond donors (Lipinski definition) is 1. The summed E-state index contributed by atoms with van der Waals surface area (Å²) >= 11 is 3.39. The standard InChI is InChI=1S/C7H9BrN2/c1-5-4-10-6(3-9)2-7(5)8/h2,4H,3,9H2,1H3. The third-order valence-electron chi connectivity index (χ3n) is 1.30. The lowest BCUT2D eigenvalue weighted by Crippen LogP contribution is -1.99. The van der Waals surface area contributed by atoms with E-state index in [2.05, 4.69) is 20.9 Å². The predicted octanol–water partition coefficient (Wildman–Crippen LogP) is 1.61. The molecule has 0 aliphatic rings. The highest BCUT2D eigenvalue weighted by Crippen LogP contribution is 2.14. The van der Waals surface area contributed by atoms with Crippen LogP contribution in [-0.4, -0.2) is 4.98 Å². The lowest BCUT2D eigenvalue weighted by atomic mass is 10.3. The quantitative estimate of drug-likeness (QED) is 0.749. The predicted molar refractivity (Wildman–Crippen MR) is 44.6 cm³/mol. The molecule has 1 aromatic rings. The summed E-state index contributed by atoms with van der Waals surface area (Å²) in [6.07, 6.45) is 1.81. The van der Waals surface area contributed by atoms with Crippen LogP contribution in [0.1, 0.15) is 11.3 Å². The largest absolute Gasteiger partial charge is 0.325 e. The highest BCUT2D eigenvalue weighted by molar-refractivity contribution is 9.10. The number of pyridine rings is 1. The van der Waals surface area contributed by atoms with Gasteiger partial charge >= 0.3 is 0 Å². The van der Waals surface area contributed by atoms with Crippen LogP contribution in [-0.2, 0) is 6.54 Å². The summed E-state index contributed by atoms with van der Waals surface area (Å²) in [4.78, 5) is 4.10. The number of aryl methyl sites for hydroxylation is 1. The molecule has 54 valence electrons. The first-order valence-corrected chi connectivity index (χ1v) is 3.84. The van der Waals surface area contributed by atoms with Crippen molar-refractivity contribution in [2.75, 3.05) is 0 Å². The zero-order valence-corrected chi connectivity index (χ0v) is 7.35. The molecule has 0 atom stereocenters. The zero-order chi connectivity index (χ0) is 7.56. The van der Waals surface area contributed by atoms with Crippen molar-refractivity contribution in [2.45, 2.75) is 13.5 Å². The number of hydrogen-bond acceptors (Lipinski definition) is 2. The molecule has 0 aromatic carbocycles. The molecule has 0 aliphatic heterocycles. The number of nitrogens with two attached hydrogens (primary N) is 1. The molecule has 10 heavy (non-hydrogen) atoms. The molecule has 3 heteroatoms. The van der Waals surface area contributed by atoms with E-state index in [1.807, 2.05) is 19.2 Å². The Kier molecular flexibility index (Phi) is 2.40. The fraction of sp³-hybridized carbons (Fsp3) is 0.286. The average molecular weight is 201 g/mol. The number of nitrogens with zero attached hydrogens (tertiary/aromatic N) is 1. The Morgan fingerprint density at radius 3 is 2.90 bits per heavy atom. The summed E-state index contributed by atoms with van der Waals surface area (Å²) in [5.41, 5.74) is 7.44. The lowest BCUT2D eigenvalue weighted by molar-refractivity contribution is 0.980. The van der Waals surface area contributed by atoms with Gasteiger partial charge in [0.1, 0.15) is 0 Å². The van der Waals surface area contributed by atoms with E-state index in [0.717, 1.165) is 15.7 Å². The van der Waals surface area contributed by atoms with Gasteiger partial charge in [0.15, 0.2) is 0 Å². The van der Waals surface area contributed by atoms with Gasteiger partial charge in [-0.1, -0.05) is 15.9 Å². The Hall–Kier alpha value is -0.410.